The zero-order valence-electron chi connectivity index (χ0n) is 17.7. The lowest BCUT2D eigenvalue weighted by molar-refractivity contribution is 0.0934. The number of oxazole rings is 1. The molecule has 0 aliphatic heterocycles. The predicted octanol–water partition coefficient (Wildman–Crippen LogP) is 2.93. The van der Waals surface area contributed by atoms with Crippen molar-refractivity contribution in [2.45, 2.75) is 12.8 Å². The second-order valence-electron chi connectivity index (χ2n) is 7.46. The van der Waals surface area contributed by atoms with Gasteiger partial charge in [0.05, 0.1) is 13.4 Å². The minimum atomic E-state index is -3.25. The van der Waals surface area contributed by atoms with Gasteiger partial charge in [-0.2, -0.15) is 0 Å². The molecule has 1 saturated carbocycles. The second kappa shape index (κ2) is 9.09. The fraction of sp³-hybridized carbons (Fsp3) is 0.318. The van der Waals surface area contributed by atoms with Crippen molar-refractivity contribution < 1.29 is 27.1 Å². The van der Waals surface area contributed by atoms with E-state index >= 15 is 0 Å². The Kier molecular flexibility index (Phi) is 6.24. The van der Waals surface area contributed by atoms with Crippen LogP contribution in [0, 0.1) is 5.92 Å². The van der Waals surface area contributed by atoms with E-state index in [1.54, 1.807) is 36.5 Å². The highest BCUT2D eigenvalue weighted by Crippen LogP contribution is 2.37. The number of hydrogen-bond acceptors (Lipinski definition) is 8. The standard InChI is InChI=1S/C22H23N3O6S/c1-29-18-10-7-16(13-23-18)19-21(31-22(25-19)20(26)14-3-4-14)15-5-8-17(9-6-15)30-12-11-24-32(2,27)28/h5-10,13-14,24H,3-4,11-12H2,1-2H3. The summed E-state index contributed by atoms with van der Waals surface area (Å²) in [4.78, 5) is 21.3. The Bertz CT molecular complexity index is 1200. The predicted molar refractivity (Wildman–Crippen MR) is 117 cm³/mol. The Hall–Kier alpha value is -3.24. The largest absolute Gasteiger partial charge is 0.492 e. The number of carbonyl (C=O) groups is 1. The Labute approximate surface area is 185 Å². The number of nitrogens with one attached hydrogen (secondary N) is 1. The molecule has 168 valence electrons. The Balaban J connectivity index is 1.57. The van der Waals surface area contributed by atoms with E-state index in [-0.39, 0.29) is 30.7 Å². The minimum absolute atomic E-state index is 0.0142. The monoisotopic (exact) mass is 457 g/mol. The summed E-state index contributed by atoms with van der Waals surface area (Å²) < 4.78 is 41.2. The first-order valence-corrected chi connectivity index (χ1v) is 12.0. The van der Waals surface area contributed by atoms with Gasteiger partial charge in [0.2, 0.25) is 21.7 Å². The highest BCUT2D eigenvalue weighted by Gasteiger charge is 2.34. The number of rotatable bonds is 10. The van der Waals surface area contributed by atoms with Gasteiger partial charge in [0, 0.05) is 35.9 Å². The van der Waals surface area contributed by atoms with Gasteiger partial charge in [0.1, 0.15) is 18.1 Å². The number of methoxy groups -OCH3 is 1. The summed E-state index contributed by atoms with van der Waals surface area (Å²) in [7, 11) is -1.71. The van der Waals surface area contributed by atoms with E-state index in [0.717, 1.165) is 24.7 Å². The SMILES string of the molecule is COc1ccc(-c2nc(C(=O)C3CC3)oc2-c2ccc(OCCNS(C)(=O)=O)cc2)cn1. The number of aromatic nitrogens is 2. The number of benzene rings is 1. The molecule has 1 fully saturated rings. The zero-order chi connectivity index (χ0) is 22.7. The summed E-state index contributed by atoms with van der Waals surface area (Å²) in [6, 6.07) is 10.6. The van der Waals surface area contributed by atoms with Gasteiger partial charge in [-0.15, -0.1) is 0 Å². The molecule has 32 heavy (non-hydrogen) atoms. The maximum atomic E-state index is 12.5. The number of hydrogen-bond donors (Lipinski definition) is 1. The van der Waals surface area contributed by atoms with Gasteiger partial charge in [0.25, 0.3) is 5.89 Å². The van der Waals surface area contributed by atoms with Crippen molar-refractivity contribution in [2.24, 2.45) is 5.92 Å². The highest BCUT2D eigenvalue weighted by atomic mass is 32.2. The van der Waals surface area contributed by atoms with E-state index < -0.39 is 10.0 Å². The summed E-state index contributed by atoms with van der Waals surface area (Å²) >= 11 is 0. The zero-order valence-corrected chi connectivity index (χ0v) is 18.5. The number of carbonyl (C=O) groups excluding carboxylic acids is 1. The van der Waals surface area contributed by atoms with Gasteiger partial charge in [-0.25, -0.2) is 23.1 Å². The third-order valence-corrected chi connectivity index (χ3v) is 5.59. The molecule has 4 rings (SSSR count). The molecule has 0 radical (unpaired) electrons. The van der Waals surface area contributed by atoms with Crippen LogP contribution in [0.5, 0.6) is 11.6 Å². The van der Waals surface area contributed by atoms with Crippen molar-refractivity contribution in [3.63, 3.8) is 0 Å². The molecule has 3 aromatic rings. The smallest absolute Gasteiger partial charge is 0.264 e. The summed E-state index contributed by atoms with van der Waals surface area (Å²) in [5.74, 6) is 1.51. The van der Waals surface area contributed by atoms with Crippen molar-refractivity contribution in [1.82, 2.24) is 14.7 Å². The Morgan fingerprint density at radius 3 is 2.47 bits per heavy atom. The van der Waals surface area contributed by atoms with Gasteiger partial charge in [-0.1, -0.05) is 0 Å². The van der Waals surface area contributed by atoms with Crippen molar-refractivity contribution in [3.8, 4) is 34.2 Å². The quantitative estimate of drug-likeness (QED) is 0.364. The van der Waals surface area contributed by atoms with E-state index in [4.69, 9.17) is 13.9 Å². The van der Waals surface area contributed by atoms with Gasteiger partial charge in [-0.3, -0.25) is 4.79 Å². The van der Waals surface area contributed by atoms with Crippen LogP contribution >= 0.6 is 0 Å². The molecule has 9 nitrogen and oxygen atoms in total. The van der Waals surface area contributed by atoms with Gasteiger partial charge >= 0.3 is 0 Å². The van der Waals surface area contributed by atoms with Crippen LogP contribution < -0.4 is 14.2 Å². The van der Waals surface area contributed by atoms with Crippen molar-refractivity contribution in [1.29, 1.82) is 0 Å². The number of Topliss-reactive ketones (excluding diaryl/α,β-unsaturated/α-hetero) is 1. The first-order chi connectivity index (χ1) is 15.3. The van der Waals surface area contributed by atoms with Crippen LogP contribution in [0.4, 0.5) is 0 Å². The molecule has 0 amide bonds. The molecule has 0 atom stereocenters. The molecule has 0 bridgehead atoms. The lowest BCUT2D eigenvalue weighted by Gasteiger charge is -2.07. The summed E-state index contributed by atoms with van der Waals surface area (Å²) in [5, 5.41) is 0. The number of ketones is 1. The molecule has 2 heterocycles. The van der Waals surface area contributed by atoms with Crippen molar-refractivity contribution >= 4 is 15.8 Å². The fourth-order valence-corrected chi connectivity index (χ4v) is 3.53. The summed E-state index contributed by atoms with van der Waals surface area (Å²) in [6.07, 6.45) is 4.43. The normalized spacial score (nSPS) is 13.7. The number of sulfonamides is 1. The average molecular weight is 458 g/mol. The van der Waals surface area contributed by atoms with E-state index in [2.05, 4.69) is 14.7 Å². The molecule has 1 N–H and O–H groups in total. The molecular formula is C22H23N3O6S. The van der Waals surface area contributed by atoms with Crippen LogP contribution in [0.15, 0.2) is 47.0 Å². The molecular weight excluding hydrogens is 434 g/mol. The number of ether oxygens (including phenoxy) is 2. The Morgan fingerprint density at radius 1 is 1.16 bits per heavy atom. The van der Waals surface area contributed by atoms with E-state index in [9.17, 15) is 13.2 Å². The minimum Gasteiger partial charge on any atom is -0.492 e. The lowest BCUT2D eigenvalue weighted by Crippen LogP contribution is -2.26. The first-order valence-electron chi connectivity index (χ1n) is 10.1. The first kappa shape index (κ1) is 22.0. The van der Waals surface area contributed by atoms with Gasteiger partial charge < -0.3 is 13.9 Å². The third-order valence-electron chi connectivity index (χ3n) is 4.86. The van der Waals surface area contributed by atoms with E-state index in [1.807, 2.05) is 6.07 Å². The molecule has 1 aliphatic rings. The topological polar surface area (TPSA) is 121 Å². The summed E-state index contributed by atoms with van der Waals surface area (Å²) in [5.41, 5.74) is 1.95. The molecule has 0 unspecified atom stereocenters. The van der Waals surface area contributed by atoms with Crippen molar-refractivity contribution in [3.05, 3.63) is 48.5 Å². The van der Waals surface area contributed by atoms with Crippen LogP contribution in [0.1, 0.15) is 23.5 Å². The van der Waals surface area contributed by atoms with Gasteiger partial charge in [-0.05, 0) is 43.2 Å². The maximum absolute atomic E-state index is 12.5. The molecule has 0 spiro atoms. The van der Waals surface area contributed by atoms with Crippen LogP contribution in [0.2, 0.25) is 0 Å². The van der Waals surface area contributed by atoms with Crippen LogP contribution in [0.3, 0.4) is 0 Å². The maximum Gasteiger partial charge on any atom is 0.264 e. The van der Waals surface area contributed by atoms with Crippen LogP contribution in [-0.4, -0.2) is 50.7 Å². The third kappa shape index (κ3) is 5.32. The highest BCUT2D eigenvalue weighted by molar-refractivity contribution is 7.88. The molecule has 1 aromatic carbocycles. The molecule has 1 aliphatic carbocycles. The molecule has 0 saturated heterocycles. The average Bonchev–Trinajstić information content (AvgIpc) is 3.54. The Morgan fingerprint density at radius 2 is 1.88 bits per heavy atom. The molecule has 10 heteroatoms. The number of nitrogens with zero attached hydrogens (tertiary/aromatic N) is 2. The van der Waals surface area contributed by atoms with Crippen LogP contribution in [-0.2, 0) is 10.0 Å². The van der Waals surface area contributed by atoms with Gasteiger partial charge in [0.15, 0.2) is 5.76 Å². The van der Waals surface area contributed by atoms with E-state index in [0.29, 0.717) is 28.6 Å². The second-order valence-corrected chi connectivity index (χ2v) is 9.30. The van der Waals surface area contributed by atoms with E-state index in [1.165, 1.54) is 7.11 Å². The van der Waals surface area contributed by atoms with Crippen LogP contribution in [0.25, 0.3) is 22.6 Å². The molecule has 2 aromatic heterocycles. The lowest BCUT2D eigenvalue weighted by atomic mass is 10.1. The number of pyridine rings is 1. The fourth-order valence-electron chi connectivity index (χ4n) is 3.08. The van der Waals surface area contributed by atoms with Crippen molar-refractivity contribution in [2.75, 3.05) is 26.5 Å². The summed E-state index contributed by atoms with van der Waals surface area (Å²) in [6.45, 7) is 0.363.